The van der Waals surface area contributed by atoms with Gasteiger partial charge in [-0.15, -0.1) is 0 Å². The molecule has 1 aliphatic rings. The van der Waals surface area contributed by atoms with E-state index in [0.717, 1.165) is 12.8 Å². The Morgan fingerprint density at radius 3 is 2.90 bits per heavy atom. The summed E-state index contributed by atoms with van der Waals surface area (Å²) in [7, 11) is -3.68. The number of piperidine rings is 1. The van der Waals surface area contributed by atoms with E-state index >= 15 is 0 Å². The maximum absolute atomic E-state index is 12.7. The number of nitrogens with zero attached hydrogens (tertiary/aromatic N) is 2. The highest BCUT2D eigenvalue weighted by atomic mass is 35.5. The van der Waals surface area contributed by atoms with E-state index in [-0.39, 0.29) is 22.6 Å². The largest absolute Gasteiger partial charge is 0.395 e. The summed E-state index contributed by atoms with van der Waals surface area (Å²) in [6, 6.07) is 1.04. The Balaban J connectivity index is 2.32. The first kappa shape index (κ1) is 16.5. The Labute approximate surface area is 130 Å². The zero-order chi connectivity index (χ0) is 15.5. The van der Waals surface area contributed by atoms with Gasteiger partial charge in [0.05, 0.1) is 11.6 Å². The average Bonchev–Trinajstić information content (AvgIpc) is 2.49. The third-order valence-electron chi connectivity index (χ3n) is 3.55. The third kappa shape index (κ3) is 3.48. The number of anilines is 1. The summed E-state index contributed by atoms with van der Waals surface area (Å²) in [4.78, 5) is 4.13. The molecule has 2 N–H and O–H groups in total. The zero-order valence-corrected chi connectivity index (χ0v) is 13.5. The van der Waals surface area contributed by atoms with E-state index in [2.05, 4.69) is 10.3 Å². The first-order valence-electron chi connectivity index (χ1n) is 7.02. The summed E-state index contributed by atoms with van der Waals surface area (Å²) >= 11 is 6.07. The van der Waals surface area contributed by atoms with Crippen molar-refractivity contribution in [3.8, 4) is 0 Å². The number of aliphatic hydroxyl groups excluding tert-OH is 1. The summed E-state index contributed by atoms with van der Waals surface area (Å²) in [5, 5.41) is 12.6. The molecule has 1 aliphatic heterocycles. The molecule has 0 bridgehead atoms. The van der Waals surface area contributed by atoms with Crippen molar-refractivity contribution in [2.24, 2.45) is 0 Å². The lowest BCUT2D eigenvalue weighted by atomic mass is 10.1. The van der Waals surface area contributed by atoms with Crippen LogP contribution in [-0.4, -0.2) is 48.6 Å². The van der Waals surface area contributed by atoms with Crippen molar-refractivity contribution in [2.75, 3.05) is 25.0 Å². The topological polar surface area (TPSA) is 82.5 Å². The minimum atomic E-state index is -3.68. The van der Waals surface area contributed by atoms with Gasteiger partial charge in [0, 0.05) is 25.3 Å². The van der Waals surface area contributed by atoms with Gasteiger partial charge in [0.25, 0.3) is 0 Å². The van der Waals surface area contributed by atoms with Crippen molar-refractivity contribution in [3.05, 3.63) is 17.3 Å². The summed E-state index contributed by atoms with van der Waals surface area (Å²) in [6.45, 7) is 2.80. The van der Waals surface area contributed by atoms with Gasteiger partial charge in [-0.1, -0.05) is 18.0 Å². The van der Waals surface area contributed by atoms with E-state index in [1.54, 1.807) is 0 Å². The maximum Gasteiger partial charge on any atom is 0.244 e. The minimum Gasteiger partial charge on any atom is -0.395 e. The summed E-state index contributed by atoms with van der Waals surface area (Å²) < 4.78 is 26.7. The van der Waals surface area contributed by atoms with Gasteiger partial charge in [-0.3, -0.25) is 0 Å². The van der Waals surface area contributed by atoms with Crippen LogP contribution >= 0.6 is 11.6 Å². The fourth-order valence-corrected chi connectivity index (χ4v) is 4.42. The Morgan fingerprint density at radius 2 is 2.29 bits per heavy atom. The smallest absolute Gasteiger partial charge is 0.244 e. The maximum atomic E-state index is 12.7. The van der Waals surface area contributed by atoms with Crippen molar-refractivity contribution in [1.29, 1.82) is 0 Å². The number of pyridine rings is 1. The van der Waals surface area contributed by atoms with Crippen LogP contribution in [0.5, 0.6) is 0 Å². The average molecular weight is 334 g/mol. The lowest BCUT2D eigenvalue weighted by Gasteiger charge is -2.33. The number of halogens is 1. The highest BCUT2D eigenvalue weighted by molar-refractivity contribution is 7.89. The highest BCUT2D eigenvalue weighted by Crippen LogP contribution is 2.28. The summed E-state index contributed by atoms with van der Waals surface area (Å²) in [5.41, 5.74) is 0. The Hall–Kier alpha value is -0.890. The molecule has 0 aromatic carbocycles. The van der Waals surface area contributed by atoms with Gasteiger partial charge in [0.1, 0.15) is 10.7 Å². The predicted octanol–water partition coefficient (Wildman–Crippen LogP) is 1.70. The standard InChI is InChI=1S/C13H20ClN3O3S/c1-2-15-13-12(14)7-11(8-16-13)21(19,20)17-6-4-3-5-10(17)9-18/h7-8,10,18H,2-6,9H2,1H3,(H,15,16). The zero-order valence-electron chi connectivity index (χ0n) is 11.9. The van der Waals surface area contributed by atoms with Gasteiger partial charge in [-0.2, -0.15) is 4.31 Å². The first-order valence-corrected chi connectivity index (χ1v) is 8.84. The molecule has 1 saturated heterocycles. The molecular weight excluding hydrogens is 314 g/mol. The SMILES string of the molecule is CCNc1ncc(S(=O)(=O)N2CCCCC2CO)cc1Cl. The lowest BCUT2D eigenvalue weighted by molar-refractivity contribution is 0.155. The van der Waals surface area contributed by atoms with Gasteiger partial charge >= 0.3 is 0 Å². The van der Waals surface area contributed by atoms with Gasteiger partial charge in [-0.05, 0) is 25.8 Å². The van der Waals surface area contributed by atoms with Crippen LogP contribution < -0.4 is 5.32 Å². The van der Waals surface area contributed by atoms with Crippen LogP contribution in [0.25, 0.3) is 0 Å². The van der Waals surface area contributed by atoms with E-state index < -0.39 is 10.0 Å². The van der Waals surface area contributed by atoms with Crippen LogP contribution in [0.4, 0.5) is 5.82 Å². The van der Waals surface area contributed by atoms with Crippen LogP contribution in [0.2, 0.25) is 5.02 Å². The second-order valence-corrected chi connectivity index (χ2v) is 7.28. The van der Waals surface area contributed by atoms with Crippen LogP contribution in [-0.2, 0) is 10.0 Å². The van der Waals surface area contributed by atoms with Crippen LogP contribution in [0.3, 0.4) is 0 Å². The second-order valence-electron chi connectivity index (χ2n) is 4.98. The van der Waals surface area contributed by atoms with Crippen LogP contribution in [0, 0.1) is 0 Å². The molecule has 1 aromatic heterocycles. The molecule has 21 heavy (non-hydrogen) atoms. The molecular formula is C13H20ClN3O3S. The molecule has 1 fully saturated rings. The molecule has 1 unspecified atom stereocenters. The van der Waals surface area contributed by atoms with Gasteiger partial charge in [-0.25, -0.2) is 13.4 Å². The molecule has 2 rings (SSSR count). The number of hydrogen-bond acceptors (Lipinski definition) is 5. The molecule has 0 aliphatic carbocycles. The number of rotatable bonds is 5. The number of aliphatic hydroxyl groups is 1. The summed E-state index contributed by atoms with van der Waals surface area (Å²) in [5.74, 6) is 0.468. The number of aromatic nitrogens is 1. The fraction of sp³-hybridized carbons (Fsp3) is 0.615. The van der Waals surface area contributed by atoms with Crippen LogP contribution in [0.1, 0.15) is 26.2 Å². The Bertz CT molecular complexity index is 594. The minimum absolute atomic E-state index is 0.0644. The van der Waals surface area contributed by atoms with Crippen molar-refractivity contribution >= 4 is 27.4 Å². The Morgan fingerprint density at radius 1 is 1.52 bits per heavy atom. The molecule has 6 nitrogen and oxygen atoms in total. The monoisotopic (exact) mass is 333 g/mol. The number of hydrogen-bond donors (Lipinski definition) is 2. The molecule has 1 aromatic rings. The van der Waals surface area contributed by atoms with Crippen molar-refractivity contribution < 1.29 is 13.5 Å². The normalized spacial score (nSPS) is 20.4. The molecule has 2 heterocycles. The lowest BCUT2D eigenvalue weighted by Crippen LogP contribution is -2.45. The number of sulfonamides is 1. The predicted molar refractivity (Wildman–Crippen MR) is 82.0 cm³/mol. The molecule has 0 saturated carbocycles. The van der Waals surface area contributed by atoms with Crippen LogP contribution in [0.15, 0.2) is 17.2 Å². The van der Waals surface area contributed by atoms with Gasteiger partial charge in [0.2, 0.25) is 10.0 Å². The van der Waals surface area contributed by atoms with E-state index in [1.165, 1.54) is 16.6 Å². The molecule has 8 heteroatoms. The van der Waals surface area contributed by atoms with Gasteiger partial charge in [0.15, 0.2) is 0 Å². The third-order valence-corrected chi connectivity index (χ3v) is 5.76. The fourth-order valence-electron chi connectivity index (χ4n) is 2.47. The molecule has 0 spiro atoms. The molecule has 0 radical (unpaired) electrons. The quantitative estimate of drug-likeness (QED) is 0.857. The van der Waals surface area contributed by atoms with E-state index in [1.807, 2.05) is 6.92 Å². The number of nitrogens with one attached hydrogen (secondary N) is 1. The second kappa shape index (κ2) is 6.91. The highest BCUT2D eigenvalue weighted by Gasteiger charge is 2.33. The summed E-state index contributed by atoms with van der Waals surface area (Å²) in [6.07, 6.45) is 3.70. The molecule has 118 valence electrons. The van der Waals surface area contributed by atoms with Crippen molar-refractivity contribution in [3.63, 3.8) is 0 Å². The Kier molecular flexibility index (Phi) is 5.43. The molecule has 1 atom stereocenters. The van der Waals surface area contributed by atoms with Gasteiger partial charge < -0.3 is 10.4 Å². The van der Waals surface area contributed by atoms with Crippen molar-refractivity contribution in [2.45, 2.75) is 37.1 Å². The van der Waals surface area contributed by atoms with E-state index in [0.29, 0.717) is 25.3 Å². The molecule has 0 amide bonds. The van der Waals surface area contributed by atoms with E-state index in [9.17, 15) is 13.5 Å². The first-order chi connectivity index (χ1) is 10.0. The van der Waals surface area contributed by atoms with E-state index in [4.69, 9.17) is 11.6 Å². The van der Waals surface area contributed by atoms with Crippen molar-refractivity contribution in [1.82, 2.24) is 9.29 Å².